The Morgan fingerprint density at radius 1 is 0.955 bits per heavy atom. The number of nitrogens with two attached hydrogens (primary N) is 1. The number of fused-ring (bicyclic) bond motifs is 1. The smallest absolute Gasteiger partial charge is 0.127 e. The van der Waals surface area contributed by atoms with Gasteiger partial charge in [-0.25, -0.2) is 4.98 Å². The van der Waals surface area contributed by atoms with Crippen LogP contribution in [-0.2, 0) is 6.42 Å². The molecule has 0 atom stereocenters. The molecule has 0 saturated heterocycles. The van der Waals surface area contributed by atoms with Gasteiger partial charge < -0.3 is 15.2 Å². The molecule has 4 nitrogen and oxygen atoms in total. The van der Waals surface area contributed by atoms with Gasteiger partial charge in [-0.3, -0.25) is 0 Å². The van der Waals surface area contributed by atoms with Crippen LogP contribution in [0, 0.1) is 0 Å². The summed E-state index contributed by atoms with van der Waals surface area (Å²) in [5, 5.41) is 1.01. The van der Waals surface area contributed by atoms with E-state index in [-0.39, 0.29) is 0 Å². The Balaban J connectivity index is 2.04. The summed E-state index contributed by atoms with van der Waals surface area (Å²) in [7, 11) is 3.33. The molecule has 0 aliphatic heterocycles. The molecule has 4 heteroatoms. The van der Waals surface area contributed by atoms with E-state index in [0.717, 1.165) is 33.5 Å². The van der Waals surface area contributed by atoms with Crippen molar-refractivity contribution in [1.29, 1.82) is 0 Å². The molecule has 2 N–H and O–H groups in total. The maximum atomic E-state index is 6.11. The van der Waals surface area contributed by atoms with Crippen LogP contribution in [0.25, 0.3) is 10.9 Å². The van der Waals surface area contributed by atoms with E-state index in [9.17, 15) is 0 Å². The Hall–Kier alpha value is -2.75. The third-order valence-electron chi connectivity index (χ3n) is 3.71. The van der Waals surface area contributed by atoms with Gasteiger partial charge in [-0.15, -0.1) is 0 Å². The van der Waals surface area contributed by atoms with Gasteiger partial charge in [-0.1, -0.05) is 18.2 Å². The van der Waals surface area contributed by atoms with Crippen molar-refractivity contribution in [3.8, 4) is 11.5 Å². The zero-order valence-corrected chi connectivity index (χ0v) is 12.7. The van der Waals surface area contributed by atoms with Crippen LogP contribution in [0.1, 0.15) is 11.1 Å². The number of para-hydroxylation sites is 1. The first kappa shape index (κ1) is 14.2. The van der Waals surface area contributed by atoms with E-state index in [2.05, 4.69) is 11.1 Å². The van der Waals surface area contributed by atoms with Crippen molar-refractivity contribution in [2.24, 2.45) is 0 Å². The van der Waals surface area contributed by atoms with Crippen LogP contribution in [0.2, 0.25) is 0 Å². The van der Waals surface area contributed by atoms with Crippen LogP contribution in [0.5, 0.6) is 11.5 Å². The molecule has 2 aromatic carbocycles. The highest BCUT2D eigenvalue weighted by atomic mass is 16.5. The van der Waals surface area contributed by atoms with Crippen molar-refractivity contribution in [3.05, 3.63) is 59.7 Å². The average Bonchev–Trinajstić information content (AvgIpc) is 2.55. The van der Waals surface area contributed by atoms with Gasteiger partial charge in [-0.05, 0) is 41.5 Å². The second-order valence-corrected chi connectivity index (χ2v) is 5.08. The molecule has 3 rings (SSSR count). The van der Waals surface area contributed by atoms with E-state index in [4.69, 9.17) is 15.2 Å². The summed E-state index contributed by atoms with van der Waals surface area (Å²) in [5.41, 5.74) is 9.04. The van der Waals surface area contributed by atoms with E-state index in [0.29, 0.717) is 12.2 Å². The summed E-state index contributed by atoms with van der Waals surface area (Å²) in [6, 6.07) is 15.8. The Morgan fingerprint density at radius 2 is 1.77 bits per heavy atom. The first-order valence-corrected chi connectivity index (χ1v) is 7.06. The van der Waals surface area contributed by atoms with Gasteiger partial charge in [0.25, 0.3) is 0 Å². The van der Waals surface area contributed by atoms with Crippen molar-refractivity contribution in [3.63, 3.8) is 0 Å². The van der Waals surface area contributed by atoms with Crippen LogP contribution in [-0.4, -0.2) is 19.2 Å². The van der Waals surface area contributed by atoms with Crippen molar-refractivity contribution < 1.29 is 9.47 Å². The van der Waals surface area contributed by atoms with Crippen LogP contribution >= 0.6 is 0 Å². The molecular formula is C18H18N2O2. The van der Waals surface area contributed by atoms with Crippen molar-refractivity contribution >= 4 is 16.7 Å². The number of pyridine rings is 1. The number of methoxy groups -OCH3 is 2. The number of ether oxygens (including phenoxy) is 2. The Bertz CT molecular complexity index is 815. The summed E-state index contributed by atoms with van der Waals surface area (Å²) < 4.78 is 10.7. The van der Waals surface area contributed by atoms with Crippen molar-refractivity contribution in [2.45, 2.75) is 6.42 Å². The van der Waals surface area contributed by atoms with Crippen LogP contribution in [0.4, 0.5) is 5.82 Å². The largest absolute Gasteiger partial charge is 0.497 e. The molecule has 0 unspecified atom stereocenters. The predicted molar refractivity (Wildman–Crippen MR) is 88.5 cm³/mol. The maximum absolute atomic E-state index is 6.11. The molecule has 0 bridgehead atoms. The molecular weight excluding hydrogens is 276 g/mol. The highest BCUT2D eigenvalue weighted by Gasteiger charge is 2.09. The van der Waals surface area contributed by atoms with E-state index in [1.54, 1.807) is 14.2 Å². The molecule has 0 aliphatic carbocycles. The lowest BCUT2D eigenvalue weighted by Crippen LogP contribution is -2.01. The van der Waals surface area contributed by atoms with Gasteiger partial charge in [-0.2, -0.15) is 0 Å². The monoisotopic (exact) mass is 294 g/mol. The quantitative estimate of drug-likeness (QED) is 0.801. The Kier molecular flexibility index (Phi) is 3.83. The summed E-state index contributed by atoms with van der Waals surface area (Å²) in [6.45, 7) is 0. The molecule has 1 aromatic heterocycles. The normalized spacial score (nSPS) is 10.6. The molecule has 3 aromatic rings. The second-order valence-electron chi connectivity index (χ2n) is 5.08. The number of aromatic nitrogens is 1. The number of hydrogen-bond acceptors (Lipinski definition) is 4. The third-order valence-corrected chi connectivity index (χ3v) is 3.71. The lowest BCUT2D eigenvalue weighted by molar-refractivity contribution is 0.410. The molecule has 0 radical (unpaired) electrons. The van der Waals surface area contributed by atoms with Crippen LogP contribution < -0.4 is 15.2 Å². The van der Waals surface area contributed by atoms with E-state index in [1.807, 2.05) is 42.5 Å². The Morgan fingerprint density at radius 3 is 2.55 bits per heavy atom. The molecule has 0 spiro atoms. The van der Waals surface area contributed by atoms with E-state index < -0.39 is 0 Å². The van der Waals surface area contributed by atoms with Gasteiger partial charge in [0, 0.05) is 11.8 Å². The summed E-state index contributed by atoms with van der Waals surface area (Å²) in [6.07, 6.45) is 0.677. The lowest BCUT2D eigenvalue weighted by Gasteiger charge is -2.11. The average molecular weight is 294 g/mol. The Labute approximate surface area is 129 Å². The highest BCUT2D eigenvalue weighted by molar-refractivity contribution is 5.83. The standard InChI is InChI=1S/C18H18N2O2/c1-21-15-7-8-16-13(11-15)10-14(18(19)20-16)9-12-5-3-4-6-17(12)22-2/h3-8,10-11H,9H2,1-2H3,(H2,19,20). The molecule has 1 heterocycles. The molecule has 0 saturated carbocycles. The fraction of sp³-hybridized carbons (Fsp3) is 0.167. The van der Waals surface area contributed by atoms with E-state index >= 15 is 0 Å². The fourth-order valence-corrected chi connectivity index (χ4v) is 2.54. The minimum absolute atomic E-state index is 0.545. The molecule has 0 aliphatic rings. The summed E-state index contributed by atoms with van der Waals surface area (Å²) in [4.78, 5) is 4.48. The van der Waals surface area contributed by atoms with Crippen LogP contribution in [0.3, 0.4) is 0 Å². The van der Waals surface area contributed by atoms with Gasteiger partial charge in [0.15, 0.2) is 0 Å². The topological polar surface area (TPSA) is 57.4 Å². The minimum atomic E-state index is 0.545. The lowest BCUT2D eigenvalue weighted by atomic mass is 10.0. The maximum Gasteiger partial charge on any atom is 0.127 e. The number of nitrogens with zero attached hydrogens (tertiary/aromatic N) is 1. The second kappa shape index (κ2) is 5.93. The number of benzene rings is 2. The zero-order valence-electron chi connectivity index (χ0n) is 12.7. The molecule has 0 fully saturated rings. The highest BCUT2D eigenvalue weighted by Crippen LogP contribution is 2.27. The van der Waals surface area contributed by atoms with E-state index in [1.165, 1.54) is 0 Å². The summed E-state index contributed by atoms with van der Waals surface area (Å²) in [5.74, 6) is 2.21. The summed E-state index contributed by atoms with van der Waals surface area (Å²) >= 11 is 0. The number of hydrogen-bond donors (Lipinski definition) is 1. The number of anilines is 1. The number of nitrogen functional groups attached to an aromatic ring is 1. The third kappa shape index (κ3) is 2.68. The predicted octanol–water partition coefficient (Wildman–Crippen LogP) is 3.43. The van der Waals surface area contributed by atoms with Crippen molar-refractivity contribution in [2.75, 3.05) is 20.0 Å². The molecule has 112 valence electrons. The SMILES string of the molecule is COc1ccc2nc(N)c(Cc3ccccc3OC)cc2c1. The first-order valence-electron chi connectivity index (χ1n) is 7.06. The van der Waals surface area contributed by atoms with Gasteiger partial charge in [0.05, 0.1) is 19.7 Å². The molecule has 0 amide bonds. The fourth-order valence-electron chi connectivity index (χ4n) is 2.54. The minimum Gasteiger partial charge on any atom is -0.497 e. The van der Waals surface area contributed by atoms with Gasteiger partial charge in [0.1, 0.15) is 17.3 Å². The zero-order chi connectivity index (χ0) is 15.5. The first-order chi connectivity index (χ1) is 10.7. The van der Waals surface area contributed by atoms with Crippen LogP contribution in [0.15, 0.2) is 48.5 Å². The van der Waals surface area contributed by atoms with Gasteiger partial charge in [0.2, 0.25) is 0 Å². The van der Waals surface area contributed by atoms with Gasteiger partial charge >= 0.3 is 0 Å². The number of rotatable bonds is 4. The molecule has 22 heavy (non-hydrogen) atoms. The van der Waals surface area contributed by atoms with Crippen molar-refractivity contribution in [1.82, 2.24) is 4.98 Å².